The quantitative estimate of drug-likeness (QED) is 0.837. The van der Waals surface area contributed by atoms with E-state index in [0.29, 0.717) is 0 Å². The third-order valence-corrected chi connectivity index (χ3v) is 2.60. The number of benzene rings is 1. The molecule has 0 saturated carbocycles. The van der Waals surface area contributed by atoms with Crippen LogP contribution in [-0.4, -0.2) is 11.2 Å². The van der Waals surface area contributed by atoms with Crippen LogP contribution in [0.4, 0.5) is 0 Å². The van der Waals surface area contributed by atoms with Gasteiger partial charge >= 0.3 is 0 Å². The second kappa shape index (κ2) is 6.11. The number of nitrogens with two attached hydrogens (primary N) is 1. The van der Waals surface area contributed by atoms with E-state index in [4.69, 9.17) is 5.73 Å². The van der Waals surface area contributed by atoms with Gasteiger partial charge in [-0.2, -0.15) is 0 Å². The molecule has 86 valence electrons. The fourth-order valence-electron chi connectivity index (χ4n) is 1.56. The van der Waals surface area contributed by atoms with Crippen molar-refractivity contribution in [3.05, 3.63) is 35.4 Å². The zero-order valence-electron chi connectivity index (χ0n) is 9.47. The molecule has 1 aromatic carbocycles. The largest absolute Gasteiger partial charge is 0.391 e. The molecule has 1 rings (SSSR count). The predicted molar refractivity (Wildman–Crippen MR) is 66.2 cm³/mol. The van der Waals surface area contributed by atoms with Crippen LogP contribution in [-0.2, 0) is 0 Å². The molecule has 1 aromatic rings. The molecule has 0 fully saturated rings. The van der Waals surface area contributed by atoms with Crippen LogP contribution < -0.4 is 5.73 Å². The van der Waals surface area contributed by atoms with Gasteiger partial charge in [-0.25, -0.2) is 0 Å². The van der Waals surface area contributed by atoms with Gasteiger partial charge in [-0.05, 0) is 24.0 Å². The number of hydrogen-bond donors (Lipinski definition) is 2. The first-order valence-corrected chi connectivity index (χ1v) is 5.03. The Kier molecular flexibility index (Phi) is 5.88. The van der Waals surface area contributed by atoms with Crippen molar-refractivity contribution >= 4 is 12.4 Å². The van der Waals surface area contributed by atoms with E-state index in [1.165, 1.54) is 0 Å². The van der Waals surface area contributed by atoms with Crippen molar-refractivity contribution in [3.8, 4) is 0 Å². The van der Waals surface area contributed by atoms with Crippen molar-refractivity contribution in [1.82, 2.24) is 0 Å². The molecule has 3 N–H and O–H groups in total. The molecule has 0 aromatic heterocycles. The SMILES string of the molecule is Cc1ccccc1[C@H](N)[C@H](O)C(C)C.Cl. The van der Waals surface area contributed by atoms with Gasteiger partial charge in [0.15, 0.2) is 0 Å². The molecule has 2 nitrogen and oxygen atoms in total. The van der Waals surface area contributed by atoms with E-state index < -0.39 is 6.10 Å². The Labute approximate surface area is 97.9 Å². The molecule has 0 amide bonds. The highest BCUT2D eigenvalue weighted by Gasteiger charge is 2.20. The molecule has 0 unspecified atom stereocenters. The second-order valence-corrected chi connectivity index (χ2v) is 4.12. The Bertz CT molecular complexity index is 301. The lowest BCUT2D eigenvalue weighted by molar-refractivity contribution is 0.0977. The highest BCUT2D eigenvalue weighted by Crippen LogP contribution is 2.22. The zero-order valence-corrected chi connectivity index (χ0v) is 10.3. The minimum absolute atomic E-state index is 0. The molecule has 0 spiro atoms. The summed E-state index contributed by atoms with van der Waals surface area (Å²) >= 11 is 0. The minimum Gasteiger partial charge on any atom is -0.391 e. The molecule has 0 bridgehead atoms. The first-order chi connectivity index (χ1) is 6.54. The first-order valence-electron chi connectivity index (χ1n) is 5.03. The summed E-state index contributed by atoms with van der Waals surface area (Å²) in [6.07, 6.45) is -0.476. The van der Waals surface area contributed by atoms with Crippen LogP contribution in [0.25, 0.3) is 0 Å². The summed E-state index contributed by atoms with van der Waals surface area (Å²) < 4.78 is 0. The van der Waals surface area contributed by atoms with E-state index in [0.717, 1.165) is 11.1 Å². The van der Waals surface area contributed by atoms with Crippen LogP contribution in [0, 0.1) is 12.8 Å². The number of halogens is 1. The molecular formula is C12H20ClNO. The van der Waals surface area contributed by atoms with Crippen molar-refractivity contribution in [2.75, 3.05) is 0 Å². The summed E-state index contributed by atoms with van der Waals surface area (Å²) in [6, 6.07) is 7.65. The van der Waals surface area contributed by atoms with Gasteiger partial charge in [0.2, 0.25) is 0 Å². The lowest BCUT2D eigenvalue weighted by Crippen LogP contribution is -2.30. The van der Waals surface area contributed by atoms with Crippen LogP contribution >= 0.6 is 12.4 Å². The Hall–Kier alpha value is -0.570. The van der Waals surface area contributed by atoms with Crippen molar-refractivity contribution in [3.63, 3.8) is 0 Å². The summed E-state index contributed by atoms with van der Waals surface area (Å²) in [6.45, 7) is 5.97. The molecule has 0 aliphatic carbocycles. The third kappa shape index (κ3) is 3.49. The van der Waals surface area contributed by atoms with Crippen LogP contribution in [0.5, 0.6) is 0 Å². The molecule has 2 atom stereocenters. The van der Waals surface area contributed by atoms with Gasteiger partial charge in [0.05, 0.1) is 12.1 Å². The van der Waals surface area contributed by atoms with E-state index >= 15 is 0 Å². The fourth-order valence-corrected chi connectivity index (χ4v) is 1.56. The monoisotopic (exact) mass is 229 g/mol. The van der Waals surface area contributed by atoms with E-state index in [9.17, 15) is 5.11 Å². The van der Waals surface area contributed by atoms with Gasteiger partial charge < -0.3 is 10.8 Å². The number of aliphatic hydroxyl groups is 1. The van der Waals surface area contributed by atoms with Crippen molar-refractivity contribution in [2.45, 2.75) is 32.9 Å². The molecule has 0 aliphatic rings. The van der Waals surface area contributed by atoms with E-state index in [1.54, 1.807) is 0 Å². The standard InChI is InChI=1S/C12H19NO.ClH/c1-8(2)12(14)11(13)10-7-5-4-6-9(10)3;/h4-8,11-12,14H,13H2,1-3H3;1H/t11-,12+;/m0./s1. The van der Waals surface area contributed by atoms with E-state index in [2.05, 4.69) is 0 Å². The molecule has 15 heavy (non-hydrogen) atoms. The van der Waals surface area contributed by atoms with E-state index in [-0.39, 0.29) is 24.4 Å². The highest BCUT2D eigenvalue weighted by molar-refractivity contribution is 5.85. The maximum atomic E-state index is 9.85. The van der Waals surface area contributed by atoms with Gasteiger partial charge in [0, 0.05) is 0 Å². The summed E-state index contributed by atoms with van der Waals surface area (Å²) in [7, 11) is 0. The molecule has 0 radical (unpaired) electrons. The van der Waals surface area contributed by atoms with Crippen LogP contribution in [0.2, 0.25) is 0 Å². The minimum atomic E-state index is -0.476. The number of rotatable bonds is 3. The maximum Gasteiger partial charge on any atom is 0.0755 e. The second-order valence-electron chi connectivity index (χ2n) is 4.12. The Balaban J connectivity index is 0.00000196. The summed E-state index contributed by atoms with van der Waals surface area (Å²) in [5.74, 6) is 0.185. The molecule has 0 heterocycles. The topological polar surface area (TPSA) is 46.2 Å². The maximum absolute atomic E-state index is 9.85. The van der Waals surface area contributed by atoms with E-state index in [1.807, 2.05) is 45.0 Å². The summed E-state index contributed by atoms with van der Waals surface area (Å²) in [4.78, 5) is 0. The van der Waals surface area contributed by atoms with Gasteiger partial charge in [0.1, 0.15) is 0 Å². The average molecular weight is 230 g/mol. The van der Waals surface area contributed by atoms with Gasteiger partial charge in [-0.1, -0.05) is 38.1 Å². The highest BCUT2D eigenvalue weighted by atomic mass is 35.5. The van der Waals surface area contributed by atoms with Crippen molar-refractivity contribution in [2.24, 2.45) is 11.7 Å². The van der Waals surface area contributed by atoms with Crippen molar-refractivity contribution in [1.29, 1.82) is 0 Å². The number of aryl methyl sites for hydroxylation is 1. The Morgan fingerprint density at radius 2 is 1.73 bits per heavy atom. The lowest BCUT2D eigenvalue weighted by Gasteiger charge is -2.23. The Morgan fingerprint density at radius 3 is 2.20 bits per heavy atom. The summed E-state index contributed by atoms with van der Waals surface area (Å²) in [5.41, 5.74) is 8.16. The van der Waals surface area contributed by atoms with Crippen LogP contribution in [0.1, 0.15) is 31.0 Å². The fraction of sp³-hybridized carbons (Fsp3) is 0.500. The zero-order chi connectivity index (χ0) is 10.7. The van der Waals surface area contributed by atoms with Crippen molar-refractivity contribution < 1.29 is 5.11 Å². The average Bonchev–Trinajstić information content (AvgIpc) is 2.16. The number of aliphatic hydroxyl groups excluding tert-OH is 1. The summed E-state index contributed by atoms with van der Waals surface area (Å²) in [5, 5.41) is 9.85. The molecule has 0 aliphatic heterocycles. The normalized spacial score (nSPS) is 14.5. The Morgan fingerprint density at radius 1 is 1.20 bits per heavy atom. The third-order valence-electron chi connectivity index (χ3n) is 2.60. The van der Waals surface area contributed by atoms with Gasteiger partial charge in [-0.3, -0.25) is 0 Å². The van der Waals surface area contributed by atoms with Gasteiger partial charge in [-0.15, -0.1) is 12.4 Å². The van der Waals surface area contributed by atoms with Crippen LogP contribution in [0.3, 0.4) is 0 Å². The molecular weight excluding hydrogens is 210 g/mol. The smallest absolute Gasteiger partial charge is 0.0755 e. The first kappa shape index (κ1) is 14.4. The lowest BCUT2D eigenvalue weighted by atomic mass is 9.92. The molecule has 3 heteroatoms. The van der Waals surface area contributed by atoms with Crippen LogP contribution in [0.15, 0.2) is 24.3 Å². The molecule has 0 saturated heterocycles. The number of hydrogen-bond acceptors (Lipinski definition) is 2. The predicted octanol–water partition coefficient (Wildman–Crippen LogP) is 2.43. The van der Waals surface area contributed by atoms with Gasteiger partial charge in [0.25, 0.3) is 0 Å².